The van der Waals surface area contributed by atoms with E-state index in [2.05, 4.69) is 6.58 Å². The van der Waals surface area contributed by atoms with E-state index in [1.165, 1.54) is 0 Å². The fraction of sp³-hybridized carbons (Fsp3) is 0.167. The van der Waals surface area contributed by atoms with Crippen molar-refractivity contribution in [2.45, 2.75) is 6.92 Å². The van der Waals surface area contributed by atoms with Gasteiger partial charge in [0.15, 0.2) is 5.78 Å². The van der Waals surface area contributed by atoms with Crippen molar-refractivity contribution in [1.29, 1.82) is 0 Å². The van der Waals surface area contributed by atoms with Gasteiger partial charge in [-0.15, -0.1) is 0 Å². The van der Waals surface area contributed by atoms with Crippen molar-refractivity contribution in [1.82, 2.24) is 0 Å². The van der Waals surface area contributed by atoms with Gasteiger partial charge in [0.1, 0.15) is 5.75 Å². The van der Waals surface area contributed by atoms with Crippen molar-refractivity contribution in [3.63, 3.8) is 0 Å². The van der Waals surface area contributed by atoms with Gasteiger partial charge in [-0.2, -0.15) is 0 Å². The lowest BCUT2D eigenvalue weighted by atomic mass is 9.89. The van der Waals surface area contributed by atoms with Crippen molar-refractivity contribution < 1.29 is 9.53 Å². The maximum absolute atomic E-state index is 12.4. The quantitative estimate of drug-likeness (QED) is 0.757. The number of hydrogen-bond donors (Lipinski definition) is 0. The van der Waals surface area contributed by atoms with Crippen LogP contribution in [-0.2, 0) is 0 Å². The molecule has 20 heavy (non-hydrogen) atoms. The Morgan fingerprint density at radius 1 is 1.00 bits per heavy atom. The van der Waals surface area contributed by atoms with Crippen LogP contribution in [0.25, 0.3) is 5.57 Å². The Kier molecular flexibility index (Phi) is 4.36. The van der Waals surface area contributed by atoms with E-state index in [1.54, 1.807) is 7.11 Å². The Labute approximate surface area is 119 Å². The molecule has 0 saturated heterocycles. The molecule has 0 spiro atoms. The maximum atomic E-state index is 12.4. The summed E-state index contributed by atoms with van der Waals surface area (Å²) in [6.45, 7) is 5.96. The fourth-order valence-corrected chi connectivity index (χ4v) is 2.07. The van der Waals surface area contributed by atoms with E-state index in [0.29, 0.717) is 0 Å². The zero-order valence-electron chi connectivity index (χ0n) is 11.8. The van der Waals surface area contributed by atoms with Gasteiger partial charge in [0.05, 0.1) is 7.11 Å². The molecule has 2 aromatic carbocycles. The third-order valence-corrected chi connectivity index (χ3v) is 3.44. The molecule has 1 unspecified atom stereocenters. The molecule has 0 aliphatic rings. The van der Waals surface area contributed by atoms with Crippen molar-refractivity contribution in [3.05, 3.63) is 72.3 Å². The van der Waals surface area contributed by atoms with Crippen LogP contribution in [0.5, 0.6) is 5.75 Å². The van der Waals surface area contributed by atoms with Crippen LogP contribution in [0.3, 0.4) is 0 Å². The Hall–Kier alpha value is -2.35. The highest BCUT2D eigenvalue weighted by atomic mass is 16.5. The minimum atomic E-state index is -0.245. The number of ketones is 1. The minimum absolute atomic E-state index is 0.0893. The van der Waals surface area contributed by atoms with Gasteiger partial charge in [0.25, 0.3) is 0 Å². The number of benzene rings is 2. The molecule has 0 radical (unpaired) electrons. The summed E-state index contributed by atoms with van der Waals surface area (Å²) in [7, 11) is 1.63. The topological polar surface area (TPSA) is 26.3 Å². The molecule has 2 nitrogen and oxygen atoms in total. The number of carbonyl (C=O) groups excluding carboxylic acids is 1. The first-order valence-electron chi connectivity index (χ1n) is 6.56. The SMILES string of the molecule is C=C(c1ccc(OC)cc1)C(C)C(=O)c1ccccc1. The summed E-state index contributed by atoms with van der Waals surface area (Å²) in [4.78, 5) is 12.4. The molecule has 2 rings (SSSR count). The first-order valence-corrected chi connectivity index (χ1v) is 6.56. The van der Waals surface area contributed by atoms with Gasteiger partial charge in [-0.3, -0.25) is 4.79 Å². The number of methoxy groups -OCH3 is 1. The van der Waals surface area contributed by atoms with Gasteiger partial charge >= 0.3 is 0 Å². The van der Waals surface area contributed by atoms with E-state index >= 15 is 0 Å². The summed E-state index contributed by atoms with van der Waals surface area (Å²) in [5.41, 5.74) is 2.50. The van der Waals surface area contributed by atoms with Crippen LogP contribution in [0.15, 0.2) is 61.2 Å². The van der Waals surface area contributed by atoms with E-state index < -0.39 is 0 Å². The van der Waals surface area contributed by atoms with Crippen molar-refractivity contribution in [2.24, 2.45) is 5.92 Å². The predicted octanol–water partition coefficient (Wildman–Crippen LogP) is 4.23. The molecule has 2 heteroatoms. The second kappa shape index (κ2) is 6.20. The third-order valence-electron chi connectivity index (χ3n) is 3.44. The van der Waals surface area contributed by atoms with Gasteiger partial charge in [0, 0.05) is 11.5 Å². The second-order valence-corrected chi connectivity index (χ2v) is 4.71. The van der Waals surface area contributed by atoms with Crippen LogP contribution in [-0.4, -0.2) is 12.9 Å². The van der Waals surface area contributed by atoms with Gasteiger partial charge in [-0.05, 0) is 23.3 Å². The number of carbonyl (C=O) groups is 1. The lowest BCUT2D eigenvalue weighted by molar-refractivity contribution is 0.0958. The molecule has 0 fully saturated rings. The molecule has 0 aliphatic heterocycles. The Balaban J connectivity index is 2.17. The van der Waals surface area contributed by atoms with E-state index in [4.69, 9.17) is 4.74 Å². The molecule has 1 atom stereocenters. The molecule has 0 bridgehead atoms. The zero-order chi connectivity index (χ0) is 14.5. The molecule has 2 aromatic rings. The lowest BCUT2D eigenvalue weighted by Crippen LogP contribution is -2.12. The summed E-state index contributed by atoms with van der Waals surface area (Å²) in [5.74, 6) is 0.640. The highest BCUT2D eigenvalue weighted by molar-refractivity contribution is 6.04. The molecular formula is C18H18O2. The summed E-state index contributed by atoms with van der Waals surface area (Å²) in [6, 6.07) is 16.9. The number of ether oxygens (including phenoxy) is 1. The standard InChI is InChI=1S/C18H18O2/c1-13(15-9-11-17(20-3)12-10-15)14(2)18(19)16-7-5-4-6-8-16/h4-12,14H,1H2,2-3H3. The molecule has 0 amide bonds. The smallest absolute Gasteiger partial charge is 0.170 e. The van der Waals surface area contributed by atoms with Crippen LogP contribution in [0.2, 0.25) is 0 Å². The first kappa shape index (κ1) is 14.1. The van der Waals surface area contributed by atoms with E-state index in [0.717, 1.165) is 22.4 Å². The number of allylic oxidation sites excluding steroid dienone is 1. The van der Waals surface area contributed by atoms with Crippen LogP contribution in [0.4, 0.5) is 0 Å². The highest BCUT2D eigenvalue weighted by Gasteiger charge is 2.18. The van der Waals surface area contributed by atoms with Gasteiger partial charge in [-0.1, -0.05) is 56.0 Å². The minimum Gasteiger partial charge on any atom is -0.497 e. The molecule has 0 N–H and O–H groups in total. The normalized spacial score (nSPS) is 11.7. The average Bonchev–Trinajstić information content (AvgIpc) is 2.53. The monoisotopic (exact) mass is 266 g/mol. The second-order valence-electron chi connectivity index (χ2n) is 4.71. The molecule has 0 heterocycles. The van der Waals surface area contributed by atoms with E-state index in [-0.39, 0.29) is 11.7 Å². The van der Waals surface area contributed by atoms with Crippen molar-refractivity contribution in [2.75, 3.05) is 7.11 Å². The molecule has 0 aromatic heterocycles. The van der Waals surface area contributed by atoms with Gasteiger partial charge in [0.2, 0.25) is 0 Å². The summed E-state index contributed by atoms with van der Waals surface area (Å²) in [6.07, 6.45) is 0. The summed E-state index contributed by atoms with van der Waals surface area (Å²) >= 11 is 0. The van der Waals surface area contributed by atoms with E-state index in [1.807, 2.05) is 61.5 Å². The van der Waals surface area contributed by atoms with E-state index in [9.17, 15) is 4.79 Å². The van der Waals surface area contributed by atoms with Crippen LogP contribution in [0, 0.1) is 5.92 Å². The maximum Gasteiger partial charge on any atom is 0.170 e. The molecular weight excluding hydrogens is 248 g/mol. The number of rotatable bonds is 5. The van der Waals surface area contributed by atoms with Crippen molar-refractivity contribution >= 4 is 11.4 Å². The largest absolute Gasteiger partial charge is 0.497 e. The highest BCUT2D eigenvalue weighted by Crippen LogP contribution is 2.26. The molecule has 0 saturated carbocycles. The van der Waals surface area contributed by atoms with Crippen LogP contribution < -0.4 is 4.74 Å². The number of hydrogen-bond acceptors (Lipinski definition) is 2. The fourth-order valence-electron chi connectivity index (χ4n) is 2.07. The molecule has 102 valence electrons. The summed E-state index contributed by atoms with van der Waals surface area (Å²) in [5, 5.41) is 0. The van der Waals surface area contributed by atoms with Crippen molar-refractivity contribution in [3.8, 4) is 5.75 Å². The lowest BCUT2D eigenvalue weighted by Gasteiger charge is -2.14. The van der Waals surface area contributed by atoms with Crippen LogP contribution in [0.1, 0.15) is 22.8 Å². The Morgan fingerprint density at radius 2 is 1.60 bits per heavy atom. The average molecular weight is 266 g/mol. The Morgan fingerprint density at radius 3 is 2.15 bits per heavy atom. The third kappa shape index (κ3) is 2.97. The number of Topliss-reactive ketones (excluding diaryl/α,β-unsaturated/α-hetero) is 1. The van der Waals surface area contributed by atoms with Gasteiger partial charge in [-0.25, -0.2) is 0 Å². The predicted molar refractivity (Wildman–Crippen MR) is 82.0 cm³/mol. The zero-order valence-corrected chi connectivity index (χ0v) is 11.8. The van der Waals surface area contributed by atoms with Crippen LogP contribution >= 0.6 is 0 Å². The van der Waals surface area contributed by atoms with Gasteiger partial charge < -0.3 is 4.74 Å². The summed E-state index contributed by atoms with van der Waals surface area (Å²) < 4.78 is 5.13. The first-order chi connectivity index (χ1) is 9.63. The molecule has 0 aliphatic carbocycles. The Bertz CT molecular complexity index is 597.